The highest BCUT2D eigenvalue weighted by Crippen LogP contribution is 2.06. The van der Waals surface area contributed by atoms with Crippen LogP contribution >= 0.6 is 0 Å². The summed E-state index contributed by atoms with van der Waals surface area (Å²) in [5.41, 5.74) is 0.281. The first-order chi connectivity index (χ1) is 10.8. The Morgan fingerprint density at radius 2 is 1.61 bits per heavy atom. The van der Waals surface area contributed by atoms with Crippen LogP contribution in [0.25, 0.3) is 0 Å². The molecule has 1 aromatic carbocycles. The van der Waals surface area contributed by atoms with Crippen LogP contribution < -0.4 is 16.0 Å². The van der Waals surface area contributed by atoms with E-state index < -0.39 is 17.8 Å². The third kappa shape index (κ3) is 6.46. The van der Waals surface area contributed by atoms with Crippen molar-refractivity contribution in [3.8, 4) is 0 Å². The summed E-state index contributed by atoms with van der Waals surface area (Å²) in [6.07, 6.45) is 0. The molecule has 3 amide bonds. The minimum Gasteiger partial charge on any atom is -0.355 e. The summed E-state index contributed by atoms with van der Waals surface area (Å²) in [6, 6.07) is 4.37. The van der Waals surface area contributed by atoms with Gasteiger partial charge in [0.2, 0.25) is 11.8 Å². The van der Waals surface area contributed by atoms with Crippen molar-refractivity contribution in [3.63, 3.8) is 0 Å². The van der Waals surface area contributed by atoms with Crippen molar-refractivity contribution in [1.82, 2.24) is 16.0 Å². The average Bonchev–Trinajstić information content (AvgIpc) is 2.48. The molecular weight excluding hydrogens is 301 g/mol. The van der Waals surface area contributed by atoms with Crippen molar-refractivity contribution in [2.45, 2.75) is 26.8 Å². The summed E-state index contributed by atoms with van der Waals surface area (Å²) in [4.78, 5) is 35.0. The van der Waals surface area contributed by atoms with Crippen LogP contribution in [0.1, 0.15) is 31.1 Å². The number of rotatable bonds is 7. The van der Waals surface area contributed by atoms with Crippen LogP contribution in [0.15, 0.2) is 24.3 Å². The predicted octanol–water partition coefficient (Wildman–Crippen LogP) is 0.832. The van der Waals surface area contributed by atoms with E-state index in [-0.39, 0.29) is 29.8 Å². The van der Waals surface area contributed by atoms with Gasteiger partial charge in [0.25, 0.3) is 5.91 Å². The first-order valence-corrected chi connectivity index (χ1v) is 7.40. The highest BCUT2D eigenvalue weighted by molar-refractivity contribution is 5.97. The lowest BCUT2D eigenvalue weighted by Crippen LogP contribution is -2.50. The number of hydrogen-bond donors (Lipinski definition) is 3. The first-order valence-electron chi connectivity index (χ1n) is 7.40. The lowest BCUT2D eigenvalue weighted by Gasteiger charge is -2.21. The SMILES string of the molecule is CC(=O)NCCNC(=O)[C@@H](NC(=O)c1ccc(F)cc1)C(C)C. The van der Waals surface area contributed by atoms with E-state index in [1.54, 1.807) is 0 Å². The van der Waals surface area contributed by atoms with E-state index in [1.165, 1.54) is 31.2 Å². The molecule has 0 spiro atoms. The highest BCUT2D eigenvalue weighted by atomic mass is 19.1. The van der Waals surface area contributed by atoms with Crippen molar-refractivity contribution in [3.05, 3.63) is 35.6 Å². The van der Waals surface area contributed by atoms with Gasteiger partial charge in [-0.2, -0.15) is 0 Å². The molecule has 0 aliphatic carbocycles. The standard InChI is InChI=1S/C16H22FN3O3/c1-10(2)14(16(23)19-9-8-18-11(3)21)20-15(22)12-4-6-13(17)7-5-12/h4-7,10,14H,8-9H2,1-3H3,(H,18,21)(H,19,23)(H,20,22)/t14-/m0/s1. The van der Waals surface area contributed by atoms with Gasteiger partial charge in [-0.25, -0.2) is 4.39 Å². The molecule has 0 heterocycles. The molecule has 0 aromatic heterocycles. The maximum Gasteiger partial charge on any atom is 0.251 e. The maximum absolute atomic E-state index is 12.9. The fourth-order valence-corrected chi connectivity index (χ4v) is 1.89. The molecule has 23 heavy (non-hydrogen) atoms. The van der Waals surface area contributed by atoms with Gasteiger partial charge >= 0.3 is 0 Å². The third-order valence-electron chi connectivity index (χ3n) is 3.14. The van der Waals surface area contributed by atoms with Crippen molar-refractivity contribution in [2.24, 2.45) is 5.92 Å². The van der Waals surface area contributed by atoms with Gasteiger partial charge in [0.15, 0.2) is 0 Å². The number of carbonyl (C=O) groups is 3. The third-order valence-corrected chi connectivity index (χ3v) is 3.14. The number of amides is 3. The molecule has 6 nitrogen and oxygen atoms in total. The number of nitrogens with one attached hydrogen (secondary N) is 3. The number of hydrogen-bond acceptors (Lipinski definition) is 3. The smallest absolute Gasteiger partial charge is 0.251 e. The van der Waals surface area contributed by atoms with Gasteiger partial charge in [0.1, 0.15) is 11.9 Å². The minimum atomic E-state index is -0.718. The van der Waals surface area contributed by atoms with Gasteiger partial charge in [0, 0.05) is 25.6 Å². The van der Waals surface area contributed by atoms with Crippen molar-refractivity contribution >= 4 is 17.7 Å². The summed E-state index contributed by atoms with van der Waals surface area (Å²) < 4.78 is 12.9. The van der Waals surface area contributed by atoms with Gasteiger partial charge in [-0.15, -0.1) is 0 Å². The van der Waals surface area contributed by atoms with Gasteiger partial charge in [-0.3, -0.25) is 14.4 Å². The van der Waals surface area contributed by atoms with Crippen molar-refractivity contribution in [1.29, 1.82) is 0 Å². The topological polar surface area (TPSA) is 87.3 Å². The average molecular weight is 323 g/mol. The molecule has 3 N–H and O–H groups in total. The molecule has 0 unspecified atom stereocenters. The molecule has 1 atom stereocenters. The molecular formula is C16H22FN3O3. The van der Waals surface area contributed by atoms with E-state index in [1.807, 2.05) is 13.8 Å². The molecule has 0 radical (unpaired) electrons. The molecule has 0 bridgehead atoms. The van der Waals surface area contributed by atoms with Gasteiger partial charge in [-0.05, 0) is 30.2 Å². The lowest BCUT2D eigenvalue weighted by molar-refractivity contribution is -0.124. The predicted molar refractivity (Wildman–Crippen MR) is 84.2 cm³/mol. The molecule has 126 valence electrons. The molecule has 1 aromatic rings. The quantitative estimate of drug-likeness (QED) is 0.650. The molecule has 0 aliphatic rings. The fourth-order valence-electron chi connectivity index (χ4n) is 1.89. The van der Waals surface area contributed by atoms with E-state index in [0.29, 0.717) is 6.54 Å². The fraction of sp³-hybridized carbons (Fsp3) is 0.438. The summed E-state index contributed by atoms with van der Waals surface area (Å²) >= 11 is 0. The second-order valence-electron chi connectivity index (χ2n) is 5.48. The first kappa shape index (κ1) is 18.6. The van der Waals surface area contributed by atoms with Crippen molar-refractivity contribution in [2.75, 3.05) is 13.1 Å². The van der Waals surface area contributed by atoms with Crippen LogP contribution in [-0.2, 0) is 9.59 Å². The van der Waals surface area contributed by atoms with Crippen LogP contribution in [0, 0.1) is 11.7 Å². The van der Waals surface area contributed by atoms with E-state index in [0.717, 1.165) is 0 Å². The Bertz CT molecular complexity index is 558. The Morgan fingerprint density at radius 1 is 1.04 bits per heavy atom. The van der Waals surface area contributed by atoms with Gasteiger partial charge in [0.05, 0.1) is 0 Å². The molecule has 0 fully saturated rings. The Labute approximate surface area is 134 Å². The molecule has 0 saturated heterocycles. The summed E-state index contributed by atoms with van der Waals surface area (Å²) in [5.74, 6) is -1.51. The lowest BCUT2D eigenvalue weighted by atomic mass is 10.0. The zero-order valence-electron chi connectivity index (χ0n) is 13.5. The van der Waals surface area contributed by atoms with Gasteiger partial charge in [-0.1, -0.05) is 13.8 Å². The Morgan fingerprint density at radius 3 is 2.13 bits per heavy atom. The second-order valence-corrected chi connectivity index (χ2v) is 5.48. The van der Waals surface area contributed by atoms with Crippen molar-refractivity contribution < 1.29 is 18.8 Å². The van der Waals surface area contributed by atoms with Crippen LogP contribution in [0.3, 0.4) is 0 Å². The van der Waals surface area contributed by atoms with E-state index in [9.17, 15) is 18.8 Å². The Balaban J connectivity index is 2.60. The van der Waals surface area contributed by atoms with E-state index in [4.69, 9.17) is 0 Å². The number of benzene rings is 1. The Kier molecular flexibility index (Phi) is 7.18. The zero-order chi connectivity index (χ0) is 17.4. The van der Waals surface area contributed by atoms with Crippen LogP contribution in [0.4, 0.5) is 4.39 Å². The molecule has 7 heteroatoms. The zero-order valence-corrected chi connectivity index (χ0v) is 13.5. The molecule has 1 rings (SSSR count). The number of carbonyl (C=O) groups excluding carboxylic acids is 3. The summed E-state index contributed by atoms with van der Waals surface area (Å²) in [5, 5.41) is 7.86. The summed E-state index contributed by atoms with van der Waals surface area (Å²) in [7, 11) is 0. The monoisotopic (exact) mass is 323 g/mol. The van der Waals surface area contributed by atoms with E-state index >= 15 is 0 Å². The Hall–Kier alpha value is -2.44. The minimum absolute atomic E-state index is 0.125. The van der Waals surface area contributed by atoms with Gasteiger partial charge < -0.3 is 16.0 Å². The number of halogens is 1. The van der Waals surface area contributed by atoms with Crippen LogP contribution in [0.5, 0.6) is 0 Å². The molecule has 0 aliphatic heterocycles. The normalized spacial score (nSPS) is 11.7. The highest BCUT2D eigenvalue weighted by Gasteiger charge is 2.24. The van der Waals surface area contributed by atoms with Crippen LogP contribution in [0.2, 0.25) is 0 Å². The molecule has 0 saturated carbocycles. The largest absolute Gasteiger partial charge is 0.355 e. The maximum atomic E-state index is 12.9. The van der Waals surface area contributed by atoms with Crippen LogP contribution in [-0.4, -0.2) is 36.9 Å². The summed E-state index contributed by atoms with van der Waals surface area (Å²) in [6.45, 7) is 5.60. The van der Waals surface area contributed by atoms with E-state index in [2.05, 4.69) is 16.0 Å². The second kappa shape index (κ2) is 8.87.